The SMILES string of the molecule is Cn1cc(-c2cnc3ccc(-c4c(N)cccc4N)nc3c2)cn1. The second-order valence-electron chi connectivity index (χ2n) is 5.67. The molecule has 0 fully saturated rings. The van der Waals surface area contributed by atoms with Gasteiger partial charge in [-0.15, -0.1) is 0 Å². The zero-order chi connectivity index (χ0) is 16.7. The fourth-order valence-electron chi connectivity index (χ4n) is 2.76. The normalized spacial score (nSPS) is 11.0. The van der Waals surface area contributed by atoms with Crippen molar-refractivity contribution in [2.24, 2.45) is 7.05 Å². The summed E-state index contributed by atoms with van der Waals surface area (Å²) in [7, 11) is 1.88. The van der Waals surface area contributed by atoms with Crippen LogP contribution in [0.2, 0.25) is 0 Å². The molecule has 0 aliphatic heterocycles. The number of aromatic nitrogens is 4. The summed E-state index contributed by atoms with van der Waals surface area (Å²) in [4.78, 5) is 9.19. The highest BCUT2D eigenvalue weighted by Gasteiger charge is 2.10. The number of nitrogens with two attached hydrogens (primary N) is 2. The number of hydrogen-bond acceptors (Lipinski definition) is 5. The van der Waals surface area contributed by atoms with E-state index < -0.39 is 0 Å². The maximum Gasteiger partial charge on any atom is 0.0900 e. The number of pyridine rings is 2. The van der Waals surface area contributed by atoms with Crippen LogP contribution >= 0.6 is 0 Å². The van der Waals surface area contributed by atoms with Gasteiger partial charge in [0.1, 0.15) is 0 Å². The number of nitrogen functional groups attached to an aromatic ring is 2. The molecule has 0 aliphatic carbocycles. The van der Waals surface area contributed by atoms with Crippen LogP contribution in [0, 0.1) is 0 Å². The topological polar surface area (TPSA) is 95.6 Å². The predicted octanol–water partition coefficient (Wildman–Crippen LogP) is 2.86. The molecular formula is C18H16N6. The lowest BCUT2D eigenvalue weighted by atomic mass is 10.1. The van der Waals surface area contributed by atoms with Crippen LogP contribution in [0.1, 0.15) is 0 Å². The molecule has 3 heterocycles. The molecule has 4 N–H and O–H groups in total. The van der Waals surface area contributed by atoms with Gasteiger partial charge in [-0.2, -0.15) is 5.10 Å². The van der Waals surface area contributed by atoms with Crippen molar-refractivity contribution in [3.8, 4) is 22.4 Å². The molecule has 4 rings (SSSR count). The van der Waals surface area contributed by atoms with Crippen molar-refractivity contribution in [2.45, 2.75) is 0 Å². The molecule has 0 atom stereocenters. The predicted molar refractivity (Wildman–Crippen MR) is 96.0 cm³/mol. The fourth-order valence-corrected chi connectivity index (χ4v) is 2.76. The Labute approximate surface area is 138 Å². The molecule has 4 aromatic rings. The van der Waals surface area contributed by atoms with E-state index in [0.717, 1.165) is 33.4 Å². The van der Waals surface area contributed by atoms with Gasteiger partial charge in [-0.25, -0.2) is 4.98 Å². The first kappa shape index (κ1) is 14.2. The maximum atomic E-state index is 6.07. The van der Waals surface area contributed by atoms with E-state index in [2.05, 4.69) is 10.1 Å². The molecule has 0 aliphatic rings. The molecule has 0 unspecified atom stereocenters. The van der Waals surface area contributed by atoms with Gasteiger partial charge in [0.15, 0.2) is 0 Å². The average molecular weight is 316 g/mol. The summed E-state index contributed by atoms with van der Waals surface area (Å²) in [5, 5.41) is 4.20. The Morgan fingerprint density at radius 3 is 2.42 bits per heavy atom. The summed E-state index contributed by atoms with van der Waals surface area (Å²) >= 11 is 0. The van der Waals surface area contributed by atoms with E-state index >= 15 is 0 Å². The second-order valence-corrected chi connectivity index (χ2v) is 5.67. The summed E-state index contributed by atoms with van der Waals surface area (Å²) in [6.45, 7) is 0. The monoisotopic (exact) mass is 316 g/mol. The third-order valence-corrected chi connectivity index (χ3v) is 3.96. The van der Waals surface area contributed by atoms with Gasteiger partial charge in [-0.1, -0.05) is 6.07 Å². The molecule has 3 aromatic heterocycles. The van der Waals surface area contributed by atoms with Crippen LogP contribution in [0.4, 0.5) is 11.4 Å². The highest BCUT2D eigenvalue weighted by atomic mass is 15.2. The second kappa shape index (κ2) is 5.34. The van der Waals surface area contributed by atoms with Crippen molar-refractivity contribution in [1.29, 1.82) is 0 Å². The summed E-state index contributed by atoms with van der Waals surface area (Å²) in [6, 6.07) is 11.3. The lowest BCUT2D eigenvalue weighted by molar-refractivity contribution is 0.768. The number of aryl methyl sites for hydroxylation is 1. The Bertz CT molecular complexity index is 1030. The molecule has 0 amide bonds. The Kier molecular flexibility index (Phi) is 3.16. The smallest absolute Gasteiger partial charge is 0.0900 e. The van der Waals surface area contributed by atoms with Crippen LogP contribution in [0.5, 0.6) is 0 Å². The lowest BCUT2D eigenvalue weighted by Crippen LogP contribution is -1.98. The minimum atomic E-state index is 0.609. The van der Waals surface area contributed by atoms with Crippen LogP contribution in [-0.2, 0) is 7.05 Å². The van der Waals surface area contributed by atoms with Crippen LogP contribution in [0.15, 0.2) is 55.0 Å². The maximum absolute atomic E-state index is 6.07. The Morgan fingerprint density at radius 2 is 1.71 bits per heavy atom. The largest absolute Gasteiger partial charge is 0.398 e. The molecule has 0 bridgehead atoms. The van der Waals surface area contributed by atoms with Crippen LogP contribution in [0.3, 0.4) is 0 Å². The molecule has 6 nitrogen and oxygen atoms in total. The van der Waals surface area contributed by atoms with Gasteiger partial charge in [-0.3, -0.25) is 9.67 Å². The van der Waals surface area contributed by atoms with Crippen molar-refractivity contribution in [3.63, 3.8) is 0 Å². The van der Waals surface area contributed by atoms with Crippen molar-refractivity contribution in [2.75, 3.05) is 11.5 Å². The number of rotatable bonds is 2. The number of nitrogens with zero attached hydrogens (tertiary/aromatic N) is 4. The third-order valence-electron chi connectivity index (χ3n) is 3.96. The zero-order valence-corrected chi connectivity index (χ0v) is 13.1. The molecule has 1 aromatic carbocycles. The summed E-state index contributed by atoms with van der Waals surface area (Å²) < 4.78 is 1.76. The van der Waals surface area contributed by atoms with Gasteiger partial charge in [0, 0.05) is 47.5 Å². The van der Waals surface area contributed by atoms with E-state index in [1.54, 1.807) is 10.9 Å². The van der Waals surface area contributed by atoms with E-state index in [-0.39, 0.29) is 0 Å². The standard InChI is InChI=1S/C18H16N6/c1-24-10-12(9-22-24)11-7-17-15(21-8-11)5-6-16(23-17)18-13(19)3-2-4-14(18)20/h2-10H,19-20H2,1H3. The van der Waals surface area contributed by atoms with Gasteiger partial charge in [-0.05, 0) is 30.3 Å². The fraction of sp³-hybridized carbons (Fsp3) is 0.0556. The first-order valence-electron chi connectivity index (χ1n) is 7.52. The van der Waals surface area contributed by atoms with E-state index in [4.69, 9.17) is 16.5 Å². The summed E-state index contributed by atoms with van der Waals surface area (Å²) in [5.74, 6) is 0. The van der Waals surface area contributed by atoms with E-state index in [1.165, 1.54) is 0 Å². The van der Waals surface area contributed by atoms with E-state index in [0.29, 0.717) is 11.4 Å². The molecule has 6 heteroatoms. The van der Waals surface area contributed by atoms with Gasteiger partial charge < -0.3 is 11.5 Å². The number of fused-ring (bicyclic) bond motifs is 1. The first-order chi connectivity index (χ1) is 11.6. The average Bonchev–Trinajstić information content (AvgIpc) is 3.00. The van der Waals surface area contributed by atoms with Crippen molar-refractivity contribution in [1.82, 2.24) is 19.7 Å². The Hall–Kier alpha value is -3.41. The quantitative estimate of drug-likeness (QED) is 0.554. The molecule has 24 heavy (non-hydrogen) atoms. The van der Waals surface area contributed by atoms with Crippen molar-refractivity contribution >= 4 is 22.4 Å². The van der Waals surface area contributed by atoms with Gasteiger partial charge in [0.2, 0.25) is 0 Å². The molecule has 0 saturated heterocycles. The van der Waals surface area contributed by atoms with Gasteiger partial charge >= 0.3 is 0 Å². The zero-order valence-electron chi connectivity index (χ0n) is 13.1. The highest BCUT2D eigenvalue weighted by Crippen LogP contribution is 2.31. The van der Waals surface area contributed by atoms with Crippen molar-refractivity contribution < 1.29 is 0 Å². The van der Waals surface area contributed by atoms with Crippen LogP contribution in [0.25, 0.3) is 33.4 Å². The number of benzene rings is 1. The molecule has 0 saturated carbocycles. The summed E-state index contributed by atoms with van der Waals surface area (Å²) in [5.41, 5.74) is 18.4. The van der Waals surface area contributed by atoms with Crippen molar-refractivity contribution in [3.05, 3.63) is 55.0 Å². The molecule has 0 radical (unpaired) electrons. The summed E-state index contributed by atoms with van der Waals surface area (Å²) in [6.07, 6.45) is 5.58. The Balaban J connectivity index is 1.88. The Morgan fingerprint density at radius 1 is 0.917 bits per heavy atom. The van der Waals surface area contributed by atoms with Crippen LogP contribution in [-0.4, -0.2) is 19.7 Å². The van der Waals surface area contributed by atoms with E-state index in [9.17, 15) is 0 Å². The first-order valence-corrected chi connectivity index (χ1v) is 7.52. The molecular weight excluding hydrogens is 300 g/mol. The van der Waals surface area contributed by atoms with Crippen LogP contribution < -0.4 is 11.5 Å². The minimum absolute atomic E-state index is 0.609. The minimum Gasteiger partial charge on any atom is -0.398 e. The highest BCUT2D eigenvalue weighted by molar-refractivity contribution is 5.88. The van der Waals surface area contributed by atoms with E-state index in [1.807, 2.05) is 55.8 Å². The molecule has 118 valence electrons. The third kappa shape index (κ3) is 2.34. The van der Waals surface area contributed by atoms with Gasteiger partial charge in [0.05, 0.1) is 22.9 Å². The number of hydrogen-bond donors (Lipinski definition) is 2. The molecule has 0 spiro atoms. The van der Waals surface area contributed by atoms with Gasteiger partial charge in [0.25, 0.3) is 0 Å². The lowest BCUT2D eigenvalue weighted by Gasteiger charge is -2.09. The number of anilines is 2.